The van der Waals surface area contributed by atoms with E-state index < -0.39 is 68.5 Å². The highest BCUT2D eigenvalue weighted by molar-refractivity contribution is 7.19. The van der Waals surface area contributed by atoms with Gasteiger partial charge in [-0.2, -0.15) is 0 Å². The summed E-state index contributed by atoms with van der Waals surface area (Å²) < 4.78 is 102. The van der Waals surface area contributed by atoms with Crippen molar-refractivity contribution in [2.75, 3.05) is 0 Å². The number of fused-ring (bicyclic) bond motifs is 4. The molecule has 5 nitrogen and oxygen atoms in total. The Labute approximate surface area is 494 Å². The standard InChI is InChI=1S/C76H58N4OSi/c1-76(2,3)57-46-47-77-74(49-57)80-69-43-20-19-40-66(69)68-51-67(56-30-23-39-63(48-56)82(60-33-13-6-14-34-60,61-35-15-7-16-36-61)62-37-17-8-18-38-62)73(52-72(68)80)81-59-32-24-31-58(50-59)78-53-79(71-45-22-21-44-70(71)78)75-64(54-26-9-4-10-27-54)41-25-42-65(75)55-28-11-5-12-29-55/h4-52H,1-3H3/i4D,5D,9D,10D,11D,12D,26D,27D,28D,29D. The lowest BCUT2D eigenvalue weighted by molar-refractivity contribution is -0.571. The van der Waals surface area contributed by atoms with Crippen LogP contribution >= 0.6 is 0 Å². The largest absolute Gasteiger partial charge is 0.457 e. The van der Waals surface area contributed by atoms with Gasteiger partial charge in [0.25, 0.3) is 6.33 Å². The highest BCUT2D eigenvalue weighted by atomic mass is 28.3. The number of ether oxygens (including phenoxy) is 1. The van der Waals surface area contributed by atoms with Gasteiger partial charge >= 0.3 is 0 Å². The van der Waals surface area contributed by atoms with Gasteiger partial charge in [0.2, 0.25) is 0 Å². The van der Waals surface area contributed by atoms with Gasteiger partial charge in [0.1, 0.15) is 17.3 Å². The fraction of sp³-hybridized carbons (Fsp3) is 0.0526. The minimum atomic E-state index is -3.02. The first kappa shape index (κ1) is 40.1. The second-order valence-electron chi connectivity index (χ2n) is 21.4. The molecular weight excluding hydrogens is 1010 g/mol. The first-order chi connectivity index (χ1) is 44.4. The van der Waals surface area contributed by atoms with Crippen molar-refractivity contribution in [2.24, 2.45) is 0 Å². The first-order valence-electron chi connectivity index (χ1n) is 32.3. The molecule has 0 saturated carbocycles. The zero-order valence-corrected chi connectivity index (χ0v) is 46.2. The van der Waals surface area contributed by atoms with E-state index in [4.69, 9.17) is 17.9 Å². The molecule has 3 aromatic heterocycles. The third-order valence-electron chi connectivity index (χ3n) is 15.5. The minimum absolute atomic E-state index is 0.142. The summed E-state index contributed by atoms with van der Waals surface area (Å²) in [4.78, 5) is 5.03. The van der Waals surface area contributed by atoms with Gasteiger partial charge in [0.05, 0.1) is 47.1 Å². The van der Waals surface area contributed by atoms with Crippen LogP contribution in [0.4, 0.5) is 0 Å². The van der Waals surface area contributed by atoms with Crippen LogP contribution in [0.25, 0.3) is 83.4 Å². The summed E-state index contributed by atoms with van der Waals surface area (Å²) in [7, 11) is -3.02. The Morgan fingerprint density at radius 3 is 1.70 bits per heavy atom. The van der Waals surface area contributed by atoms with Crippen LogP contribution in [0.5, 0.6) is 11.5 Å². The highest BCUT2D eigenvalue weighted by Gasteiger charge is 2.41. The van der Waals surface area contributed by atoms with Crippen LogP contribution in [-0.2, 0) is 5.41 Å². The summed E-state index contributed by atoms with van der Waals surface area (Å²) >= 11 is 0. The molecule has 14 rings (SSSR count). The van der Waals surface area contributed by atoms with Crippen molar-refractivity contribution in [3.63, 3.8) is 0 Å². The van der Waals surface area contributed by atoms with Crippen molar-refractivity contribution in [3.8, 4) is 62.1 Å². The number of pyridine rings is 1. The molecule has 82 heavy (non-hydrogen) atoms. The molecule has 0 fully saturated rings. The Hall–Kier alpha value is -10.1. The zero-order valence-electron chi connectivity index (χ0n) is 55.2. The monoisotopic (exact) mass is 1080 g/mol. The number of nitrogens with zero attached hydrogens (tertiary/aromatic N) is 4. The van der Waals surface area contributed by atoms with E-state index in [1.54, 1.807) is 22.8 Å². The lowest BCUT2D eigenvalue weighted by Crippen LogP contribution is -2.74. The SMILES string of the molecule is [2H]c1c([2H])c([2H])c(-c2cccc(-c3c([2H])c([2H])c([2H])c([2H])c3[2H])c2-[n+]2[c-]n(-c3cccc(Oc4cc5c(cc4-c4cccc([Si](c6ccccc6)(c6ccccc6)c6ccccc6)c4)c4ccccc4n5-c4cc(C(C)(C)C)ccn4)c3)c3ccccc32)c([2H])c1[2H]. The lowest BCUT2D eigenvalue weighted by Gasteiger charge is -2.34. The van der Waals surface area contributed by atoms with Crippen molar-refractivity contribution < 1.29 is 23.0 Å². The molecule has 0 spiro atoms. The molecule has 0 aliphatic rings. The van der Waals surface area contributed by atoms with Crippen LogP contribution in [0.1, 0.15) is 40.0 Å². The van der Waals surface area contributed by atoms with E-state index in [2.05, 4.69) is 195 Å². The maximum absolute atomic E-state index is 9.21. The van der Waals surface area contributed by atoms with E-state index in [0.717, 1.165) is 44.3 Å². The van der Waals surface area contributed by atoms with Gasteiger partial charge in [-0.25, -0.2) is 4.98 Å². The number of imidazole rings is 1. The normalized spacial score (nSPS) is 13.5. The molecule has 0 aliphatic carbocycles. The number of aromatic nitrogens is 4. The fourth-order valence-corrected chi connectivity index (χ4v) is 16.5. The molecule has 3 heterocycles. The van der Waals surface area contributed by atoms with Crippen molar-refractivity contribution in [1.82, 2.24) is 14.1 Å². The van der Waals surface area contributed by atoms with Crippen molar-refractivity contribution in [1.29, 1.82) is 0 Å². The average molecular weight is 1080 g/mol. The molecule has 0 atom stereocenters. The molecule has 0 aliphatic heterocycles. The van der Waals surface area contributed by atoms with Gasteiger partial charge in [0.15, 0.2) is 8.07 Å². The fourth-order valence-electron chi connectivity index (χ4n) is 11.7. The van der Waals surface area contributed by atoms with Crippen LogP contribution in [0.2, 0.25) is 0 Å². The molecule has 0 saturated heterocycles. The summed E-state index contributed by atoms with van der Waals surface area (Å²) in [5.74, 6) is 1.82. The first-order valence-corrected chi connectivity index (χ1v) is 29.3. The second-order valence-corrected chi connectivity index (χ2v) is 25.2. The van der Waals surface area contributed by atoms with Crippen molar-refractivity contribution in [2.45, 2.75) is 26.2 Å². The molecular formula is C76H58N4OSi. The average Bonchev–Trinajstić information content (AvgIpc) is 0.963. The Morgan fingerprint density at radius 1 is 0.476 bits per heavy atom. The van der Waals surface area contributed by atoms with Gasteiger partial charge in [0, 0.05) is 28.6 Å². The van der Waals surface area contributed by atoms with Crippen LogP contribution in [-0.4, -0.2) is 22.2 Å². The van der Waals surface area contributed by atoms with Gasteiger partial charge in [-0.1, -0.05) is 263 Å². The Bertz CT molecular complexity index is 5020. The number of hydrogen-bond donors (Lipinski definition) is 0. The van der Waals surface area contributed by atoms with E-state index in [1.165, 1.54) is 20.7 Å². The van der Waals surface area contributed by atoms with E-state index in [0.29, 0.717) is 28.2 Å². The predicted octanol–water partition coefficient (Wildman–Crippen LogP) is 15.7. The van der Waals surface area contributed by atoms with Crippen molar-refractivity contribution in [3.05, 3.63) is 309 Å². The lowest BCUT2D eigenvalue weighted by atomic mass is 9.88. The predicted molar refractivity (Wildman–Crippen MR) is 341 cm³/mol. The maximum atomic E-state index is 9.21. The van der Waals surface area contributed by atoms with Crippen LogP contribution in [0.3, 0.4) is 0 Å². The molecule has 0 unspecified atom stereocenters. The summed E-state index contributed by atoms with van der Waals surface area (Å²) in [5.41, 5.74) is 6.59. The molecule has 0 amide bonds. The summed E-state index contributed by atoms with van der Waals surface area (Å²) in [6.45, 7) is 6.59. The summed E-state index contributed by atoms with van der Waals surface area (Å²) in [6.07, 6.45) is 5.41. The van der Waals surface area contributed by atoms with E-state index in [-0.39, 0.29) is 33.4 Å². The van der Waals surface area contributed by atoms with Crippen LogP contribution in [0.15, 0.2) is 297 Å². The third kappa shape index (κ3) is 8.81. The van der Waals surface area contributed by atoms with Crippen LogP contribution < -0.4 is 30.1 Å². The Balaban J connectivity index is 0.996. The zero-order chi connectivity index (χ0) is 63.9. The van der Waals surface area contributed by atoms with E-state index in [9.17, 15) is 5.48 Å². The number of para-hydroxylation sites is 4. The summed E-state index contributed by atoms with van der Waals surface area (Å²) in [6, 6.07) is 73.0. The molecule has 0 bridgehead atoms. The Kier molecular flexibility index (Phi) is 10.2. The van der Waals surface area contributed by atoms with Gasteiger partial charge in [-0.15, -0.1) is 0 Å². The minimum Gasteiger partial charge on any atom is -0.457 e. The van der Waals surface area contributed by atoms with Crippen LogP contribution in [0, 0.1) is 6.33 Å². The second kappa shape index (κ2) is 20.8. The van der Waals surface area contributed by atoms with E-state index in [1.807, 2.05) is 59.3 Å². The molecule has 6 heteroatoms. The molecule has 14 aromatic rings. The molecule has 0 N–H and O–H groups in total. The third-order valence-corrected chi connectivity index (χ3v) is 20.3. The number of rotatable bonds is 12. The summed E-state index contributed by atoms with van der Waals surface area (Å²) in [5, 5.41) is 6.96. The maximum Gasteiger partial charge on any atom is 0.269 e. The molecule has 0 radical (unpaired) electrons. The van der Waals surface area contributed by atoms with Gasteiger partial charge in [-0.3, -0.25) is 13.7 Å². The van der Waals surface area contributed by atoms with Gasteiger partial charge in [-0.05, 0) is 102 Å². The smallest absolute Gasteiger partial charge is 0.269 e. The highest BCUT2D eigenvalue weighted by Crippen LogP contribution is 2.43. The van der Waals surface area contributed by atoms with E-state index >= 15 is 0 Å². The molecule has 392 valence electrons. The topological polar surface area (TPSA) is 35.9 Å². The number of benzene rings is 11. The van der Waals surface area contributed by atoms with Gasteiger partial charge < -0.3 is 4.74 Å². The number of hydrogen-bond acceptors (Lipinski definition) is 2. The quantitative estimate of drug-likeness (QED) is 0.0529. The Morgan fingerprint density at radius 2 is 1.05 bits per heavy atom. The molecule has 11 aromatic carbocycles. The van der Waals surface area contributed by atoms with Crippen molar-refractivity contribution >= 4 is 61.7 Å².